The summed E-state index contributed by atoms with van der Waals surface area (Å²) in [5.74, 6) is 0. The van der Waals surface area contributed by atoms with E-state index < -0.39 is 0 Å². The lowest BCUT2D eigenvalue weighted by atomic mass is 10.2. The van der Waals surface area contributed by atoms with E-state index in [0.717, 1.165) is 24.8 Å². The van der Waals surface area contributed by atoms with E-state index >= 15 is 0 Å². The fraction of sp³-hybridized carbons (Fsp3) is 0.571. The average Bonchev–Trinajstić information content (AvgIpc) is 2.93. The summed E-state index contributed by atoms with van der Waals surface area (Å²) < 4.78 is 0. The van der Waals surface area contributed by atoms with E-state index in [0.29, 0.717) is 0 Å². The Morgan fingerprint density at radius 2 is 1.95 bits per heavy atom. The first kappa shape index (κ1) is 13.8. The standard InChI is InChI=1S/C14H21N3O2/c1-16(13-4-2-3-5-13)11-10-15-12-6-8-14(9-7-12)17(18)19/h6-9,13,15H,2-5,10-11H2,1H3. The fourth-order valence-electron chi connectivity index (χ4n) is 2.61. The Morgan fingerprint density at radius 1 is 1.32 bits per heavy atom. The van der Waals surface area contributed by atoms with Crippen molar-refractivity contribution in [3.63, 3.8) is 0 Å². The first-order valence-corrected chi connectivity index (χ1v) is 6.85. The number of nitro benzene ring substituents is 1. The van der Waals surface area contributed by atoms with Crippen molar-refractivity contribution >= 4 is 11.4 Å². The van der Waals surface area contributed by atoms with E-state index in [-0.39, 0.29) is 10.6 Å². The van der Waals surface area contributed by atoms with E-state index in [4.69, 9.17) is 0 Å². The van der Waals surface area contributed by atoms with Gasteiger partial charge >= 0.3 is 0 Å². The molecule has 2 rings (SSSR count). The summed E-state index contributed by atoms with van der Waals surface area (Å²) >= 11 is 0. The van der Waals surface area contributed by atoms with Crippen LogP contribution in [-0.2, 0) is 0 Å². The maximum atomic E-state index is 10.5. The summed E-state index contributed by atoms with van der Waals surface area (Å²) in [6, 6.07) is 7.31. The number of anilines is 1. The number of hydrogen-bond acceptors (Lipinski definition) is 4. The highest BCUT2D eigenvalue weighted by atomic mass is 16.6. The first-order chi connectivity index (χ1) is 9.16. The lowest BCUT2D eigenvalue weighted by molar-refractivity contribution is -0.384. The third-order valence-corrected chi connectivity index (χ3v) is 3.82. The minimum Gasteiger partial charge on any atom is -0.384 e. The van der Waals surface area contributed by atoms with Crippen LogP contribution < -0.4 is 5.32 Å². The minimum absolute atomic E-state index is 0.133. The van der Waals surface area contributed by atoms with Crippen LogP contribution in [0.15, 0.2) is 24.3 Å². The molecule has 0 bridgehead atoms. The van der Waals surface area contributed by atoms with E-state index in [1.165, 1.54) is 37.8 Å². The number of hydrogen-bond donors (Lipinski definition) is 1. The largest absolute Gasteiger partial charge is 0.384 e. The van der Waals surface area contributed by atoms with Crippen molar-refractivity contribution in [3.8, 4) is 0 Å². The van der Waals surface area contributed by atoms with Gasteiger partial charge in [0.2, 0.25) is 0 Å². The molecule has 0 atom stereocenters. The van der Waals surface area contributed by atoms with Gasteiger partial charge in [0.25, 0.3) is 5.69 Å². The second-order valence-electron chi connectivity index (χ2n) is 5.15. The van der Waals surface area contributed by atoms with Crippen molar-refractivity contribution in [2.75, 3.05) is 25.5 Å². The minimum atomic E-state index is -0.377. The number of likely N-dealkylation sites (N-methyl/N-ethyl adjacent to an activating group) is 1. The molecule has 0 saturated heterocycles. The lowest BCUT2D eigenvalue weighted by Gasteiger charge is -2.24. The third kappa shape index (κ3) is 3.92. The van der Waals surface area contributed by atoms with Crippen molar-refractivity contribution < 1.29 is 4.92 Å². The van der Waals surface area contributed by atoms with Gasteiger partial charge in [0.1, 0.15) is 0 Å². The van der Waals surface area contributed by atoms with Crippen LogP contribution in [0.4, 0.5) is 11.4 Å². The molecule has 0 heterocycles. The summed E-state index contributed by atoms with van der Waals surface area (Å²) in [7, 11) is 2.17. The Kier molecular flexibility index (Phi) is 4.74. The van der Waals surface area contributed by atoms with Crippen molar-refractivity contribution in [1.29, 1.82) is 0 Å². The Bertz CT molecular complexity index is 413. The SMILES string of the molecule is CN(CCNc1ccc([N+](=O)[O-])cc1)C1CCCC1. The highest BCUT2D eigenvalue weighted by Crippen LogP contribution is 2.22. The quantitative estimate of drug-likeness (QED) is 0.633. The van der Waals surface area contributed by atoms with Gasteiger partial charge in [0, 0.05) is 37.0 Å². The van der Waals surface area contributed by atoms with Gasteiger partial charge in [-0.25, -0.2) is 0 Å². The van der Waals surface area contributed by atoms with Gasteiger partial charge in [0.15, 0.2) is 0 Å². The summed E-state index contributed by atoms with van der Waals surface area (Å²) in [4.78, 5) is 12.6. The summed E-state index contributed by atoms with van der Waals surface area (Å²) in [6.07, 6.45) is 5.33. The normalized spacial score (nSPS) is 15.9. The Balaban J connectivity index is 1.74. The predicted octanol–water partition coefficient (Wildman–Crippen LogP) is 2.88. The van der Waals surface area contributed by atoms with E-state index in [9.17, 15) is 10.1 Å². The number of rotatable bonds is 6. The predicted molar refractivity (Wildman–Crippen MR) is 76.5 cm³/mol. The molecule has 0 unspecified atom stereocenters. The molecular formula is C14H21N3O2. The number of nitrogens with one attached hydrogen (secondary N) is 1. The number of benzene rings is 1. The summed E-state index contributed by atoms with van der Waals surface area (Å²) in [5.41, 5.74) is 1.07. The van der Waals surface area contributed by atoms with E-state index in [1.54, 1.807) is 12.1 Å². The summed E-state index contributed by atoms with van der Waals surface area (Å²) in [6.45, 7) is 1.87. The third-order valence-electron chi connectivity index (χ3n) is 3.82. The van der Waals surface area contributed by atoms with Gasteiger partial charge in [-0.2, -0.15) is 0 Å². The zero-order chi connectivity index (χ0) is 13.7. The average molecular weight is 263 g/mol. The first-order valence-electron chi connectivity index (χ1n) is 6.85. The van der Waals surface area contributed by atoms with Gasteiger partial charge in [-0.3, -0.25) is 10.1 Å². The fourth-order valence-corrected chi connectivity index (χ4v) is 2.61. The molecule has 104 valence electrons. The Morgan fingerprint density at radius 3 is 2.53 bits per heavy atom. The topological polar surface area (TPSA) is 58.4 Å². The van der Waals surface area contributed by atoms with Crippen molar-refractivity contribution in [2.45, 2.75) is 31.7 Å². The van der Waals surface area contributed by atoms with Gasteiger partial charge < -0.3 is 10.2 Å². The zero-order valence-corrected chi connectivity index (χ0v) is 11.3. The number of nitrogens with zero attached hydrogens (tertiary/aromatic N) is 2. The molecule has 1 aliphatic carbocycles. The maximum absolute atomic E-state index is 10.5. The molecule has 0 aromatic heterocycles. The molecule has 5 heteroatoms. The van der Waals surface area contributed by atoms with Crippen LogP contribution in [0.2, 0.25) is 0 Å². The molecule has 19 heavy (non-hydrogen) atoms. The monoisotopic (exact) mass is 263 g/mol. The van der Waals surface area contributed by atoms with Gasteiger partial charge in [-0.1, -0.05) is 12.8 Å². The molecule has 0 amide bonds. The molecule has 0 aliphatic heterocycles. The van der Waals surface area contributed by atoms with Crippen molar-refractivity contribution in [3.05, 3.63) is 34.4 Å². The molecule has 0 radical (unpaired) electrons. The molecule has 1 saturated carbocycles. The van der Waals surface area contributed by atoms with Crippen molar-refractivity contribution in [2.24, 2.45) is 0 Å². The molecule has 1 aliphatic rings. The molecule has 1 N–H and O–H groups in total. The van der Waals surface area contributed by atoms with Crippen LogP contribution >= 0.6 is 0 Å². The summed E-state index contributed by atoms with van der Waals surface area (Å²) in [5, 5.41) is 13.8. The van der Waals surface area contributed by atoms with E-state index in [2.05, 4.69) is 17.3 Å². The maximum Gasteiger partial charge on any atom is 0.269 e. The molecular weight excluding hydrogens is 242 g/mol. The van der Waals surface area contributed by atoms with Gasteiger partial charge in [0.05, 0.1) is 4.92 Å². The highest BCUT2D eigenvalue weighted by molar-refractivity contribution is 5.48. The number of nitro groups is 1. The second-order valence-corrected chi connectivity index (χ2v) is 5.15. The highest BCUT2D eigenvalue weighted by Gasteiger charge is 2.18. The zero-order valence-electron chi connectivity index (χ0n) is 11.3. The smallest absolute Gasteiger partial charge is 0.269 e. The number of non-ortho nitro benzene ring substituents is 1. The van der Waals surface area contributed by atoms with E-state index in [1.807, 2.05) is 0 Å². The Labute approximate surface area is 113 Å². The molecule has 1 aromatic carbocycles. The van der Waals surface area contributed by atoms with Crippen LogP contribution in [0, 0.1) is 10.1 Å². The van der Waals surface area contributed by atoms with Gasteiger partial charge in [-0.05, 0) is 32.0 Å². The van der Waals surface area contributed by atoms with Crippen molar-refractivity contribution in [1.82, 2.24) is 4.90 Å². The Hall–Kier alpha value is -1.62. The lowest BCUT2D eigenvalue weighted by Crippen LogP contribution is -2.33. The van der Waals surface area contributed by atoms with Crippen LogP contribution in [0.25, 0.3) is 0 Å². The molecule has 5 nitrogen and oxygen atoms in total. The van der Waals surface area contributed by atoms with Crippen LogP contribution in [0.1, 0.15) is 25.7 Å². The molecule has 1 aromatic rings. The van der Waals surface area contributed by atoms with Gasteiger partial charge in [-0.15, -0.1) is 0 Å². The molecule has 1 fully saturated rings. The van der Waals surface area contributed by atoms with Crippen LogP contribution in [0.3, 0.4) is 0 Å². The molecule has 0 spiro atoms. The van der Waals surface area contributed by atoms with Crippen LogP contribution in [0.5, 0.6) is 0 Å². The second kappa shape index (κ2) is 6.52. The van der Waals surface area contributed by atoms with Crippen LogP contribution in [-0.4, -0.2) is 36.0 Å².